The summed E-state index contributed by atoms with van der Waals surface area (Å²) >= 11 is 0. The van der Waals surface area contributed by atoms with E-state index in [1.54, 1.807) is 6.92 Å². The number of hydrogen-bond acceptors (Lipinski definition) is 5. The van der Waals surface area contributed by atoms with Crippen LogP contribution in [0, 0.1) is 5.92 Å². The monoisotopic (exact) mass is 278 g/mol. The average molecular weight is 278 g/mol. The third-order valence-electron chi connectivity index (χ3n) is 3.00. The summed E-state index contributed by atoms with van der Waals surface area (Å²) in [5.74, 6) is -0.732. The van der Waals surface area contributed by atoms with E-state index in [9.17, 15) is 9.59 Å². The summed E-state index contributed by atoms with van der Waals surface area (Å²) in [5, 5.41) is 9.81. The molecule has 1 atom stereocenters. The first-order valence-electron chi connectivity index (χ1n) is 6.19. The Hall–Kier alpha value is -2.54. The molecular formula is C11H14N6O3. The quantitative estimate of drug-likeness (QED) is 0.376. The molecule has 2 heterocycles. The molecule has 1 aliphatic heterocycles. The number of carbonyl (C=O) groups is 2. The molecule has 1 amide bonds. The topological polar surface area (TPSA) is 124 Å². The second-order valence-electron chi connectivity index (χ2n) is 4.34. The number of H-pyrrole nitrogens is 1. The Kier molecular flexibility index (Phi) is 4.21. The van der Waals surface area contributed by atoms with Crippen molar-refractivity contribution in [2.24, 2.45) is 11.0 Å². The fourth-order valence-corrected chi connectivity index (χ4v) is 2.13. The zero-order valence-corrected chi connectivity index (χ0v) is 10.9. The fourth-order valence-electron chi connectivity index (χ4n) is 2.13. The molecule has 20 heavy (non-hydrogen) atoms. The Morgan fingerprint density at radius 2 is 2.55 bits per heavy atom. The Morgan fingerprint density at radius 3 is 3.25 bits per heavy atom. The summed E-state index contributed by atoms with van der Waals surface area (Å²) in [7, 11) is 0. The number of rotatable bonds is 5. The predicted octanol–water partition coefficient (Wildman–Crippen LogP) is 1.25. The number of carbonyl (C=O) groups excluding carboxylic acids is 2. The molecule has 9 nitrogen and oxygen atoms in total. The number of anilines is 1. The van der Waals surface area contributed by atoms with Gasteiger partial charge in [0, 0.05) is 24.4 Å². The number of esters is 1. The molecule has 0 saturated carbocycles. The van der Waals surface area contributed by atoms with Crippen LogP contribution in [0.5, 0.6) is 0 Å². The number of aromatic amines is 1. The maximum atomic E-state index is 12.0. The van der Waals surface area contributed by atoms with Gasteiger partial charge in [-0.05, 0) is 18.4 Å². The predicted molar refractivity (Wildman–Crippen MR) is 69.0 cm³/mol. The molecule has 0 aromatic carbocycles. The zero-order chi connectivity index (χ0) is 14.5. The molecule has 1 N–H and O–H groups in total. The van der Waals surface area contributed by atoms with Crippen LogP contribution >= 0.6 is 0 Å². The van der Waals surface area contributed by atoms with Crippen molar-refractivity contribution in [3.63, 3.8) is 0 Å². The van der Waals surface area contributed by atoms with Crippen LogP contribution in [0.4, 0.5) is 5.69 Å². The lowest BCUT2D eigenvalue weighted by atomic mass is 10.1. The van der Waals surface area contributed by atoms with E-state index in [-0.39, 0.29) is 37.1 Å². The summed E-state index contributed by atoms with van der Waals surface area (Å²) in [6.45, 7) is 2.59. The molecule has 0 aliphatic carbocycles. The highest BCUT2D eigenvalue weighted by Crippen LogP contribution is 2.27. The average Bonchev–Trinajstić information content (AvgIpc) is 3.02. The van der Waals surface area contributed by atoms with Gasteiger partial charge in [-0.1, -0.05) is 5.11 Å². The van der Waals surface area contributed by atoms with Crippen molar-refractivity contribution in [1.82, 2.24) is 10.2 Å². The minimum atomic E-state index is -0.550. The van der Waals surface area contributed by atoms with Gasteiger partial charge in [0.15, 0.2) is 5.69 Å². The molecule has 1 aromatic heterocycles. The number of nitrogens with zero attached hydrogens (tertiary/aromatic N) is 5. The van der Waals surface area contributed by atoms with E-state index >= 15 is 0 Å². The molecule has 1 saturated heterocycles. The molecule has 1 aliphatic rings. The first-order chi connectivity index (χ1) is 9.67. The molecule has 1 fully saturated rings. The van der Waals surface area contributed by atoms with Crippen LogP contribution < -0.4 is 4.90 Å². The van der Waals surface area contributed by atoms with Gasteiger partial charge in [-0.2, -0.15) is 5.10 Å². The molecule has 0 spiro atoms. The van der Waals surface area contributed by atoms with Crippen molar-refractivity contribution in [2.45, 2.75) is 13.3 Å². The van der Waals surface area contributed by atoms with Crippen molar-refractivity contribution >= 4 is 17.6 Å². The Balaban J connectivity index is 2.16. The van der Waals surface area contributed by atoms with Gasteiger partial charge in [0.1, 0.15) is 0 Å². The normalized spacial score (nSPS) is 17.9. The van der Waals surface area contributed by atoms with Gasteiger partial charge in [0.25, 0.3) is 0 Å². The highest BCUT2D eigenvalue weighted by atomic mass is 16.5. The molecule has 106 valence electrons. The lowest BCUT2D eigenvalue weighted by Gasteiger charge is -2.15. The van der Waals surface area contributed by atoms with E-state index < -0.39 is 5.97 Å². The van der Waals surface area contributed by atoms with Gasteiger partial charge < -0.3 is 9.64 Å². The van der Waals surface area contributed by atoms with E-state index in [1.165, 1.54) is 11.1 Å². The van der Waals surface area contributed by atoms with Gasteiger partial charge in [-0.15, -0.1) is 0 Å². The first kappa shape index (κ1) is 13.9. The smallest absolute Gasteiger partial charge is 0.358 e. The van der Waals surface area contributed by atoms with Crippen molar-refractivity contribution < 1.29 is 14.3 Å². The van der Waals surface area contributed by atoms with Gasteiger partial charge in [-0.25, -0.2) is 4.79 Å². The largest absolute Gasteiger partial charge is 0.461 e. The summed E-state index contributed by atoms with van der Waals surface area (Å²) in [4.78, 5) is 27.9. The van der Waals surface area contributed by atoms with E-state index in [0.29, 0.717) is 12.2 Å². The Morgan fingerprint density at radius 1 is 1.75 bits per heavy atom. The lowest BCUT2D eigenvalue weighted by Crippen LogP contribution is -2.26. The van der Waals surface area contributed by atoms with Gasteiger partial charge in [0.2, 0.25) is 5.91 Å². The highest BCUT2D eigenvalue weighted by Gasteiger charge is 2.33. The molecule has 0 radical (unpaired) electrons. The standard InChI is InChI=1S/C11H14N6O3/c1-2-20-11(19)10-8(5-13-15-10)17-6-7(3-9(17)18)4-14-16-12/h5,7H,2-4,6H2,1H3,(H,13,15). The van der Waals surface area contributed by atoms with E-state index in [2.05, 4.69) is 20.2 Å². The minimum Gasteiger partial charge on any atom is -0.461 e. The minimum absolute atomic E-state index is 0.0525. The number of nitrogens with one attached hydrogen (secondary N) is 1. The third-order valence-corrected chi connectivity index (χ3v) is 3.00. The van der Waals surface area contributed by atoms with Gasteiger partial charge in [-0.3, -0.25) is 9.89 Å². The molecular weight excluding hydrogens is 264 g/mol. The number of hydrogen-bond donors (Lipinski definition) is 1. The van der Waals surface area contributed by atoms with Crippen molar-refractivity contribution in [3.05, 3.63) is 22.3 Å². The van der Waals surface area contributed by atoms with Crippen molar-refractivity contribution in [2.75, 3.05) is 24.6 Å². The van der Waals surface area contributed by atoms with E-state index in [0.717, 1.165) is 0 Å². The summed E-state index contributed by atoms with van der Waals surface area (Å²) in [5.41, 5.74) is 8.86. The van der Waals surface area contributed by atoms with Crippen LogP contribution in [-0.2, 0) is 9.53 Å². The van der Waals surface area contributed by atoms with Crippen LogP contribution in [0.2, 0.25) is 0 Å². The van der Waals surface area contributed by atoms with E-state index in [1.807, 2.05) is 0 Å². The van der Waals surface area contributed by atoms with Crippen molar-refractivity contribution in [3.8, 4) is 0 Å². The maximum absolute atomic E-state index is 12.0. The molecule has 1 unspecified atom stereocenters. The maximum Gasteiger partial charge on any atom is 0.358 e. The molecule has 2 rings (SSSR count). The van der Waals surface area contributed by atoms with Gasteiger partial charge >= 0.3 is 5.97 Å². The van der Waals surface area contributed by atoms with Gasteiger partial charge in [0.05, 0.1) is 18.5 Å². The lowest BCUT2D eigenvalue weighted by molar-refractivity contribution is -0.117. The SMILES string of the molecule is CCOC(=O)c1[nH]ncc1N1CC(CN=[N+]=[N-])CC1=O. The third kappa shape index (κ3) is 2.72. The molecule has 9 heteroatoms. The second-order valence-corrected chi connectivity index (χ2v) is 4.34. The summed E-state index contributed by atoms with van der Waals surface area (Å²) in [6.07, 6.45) is 1.70. The Labute approximate surface area is 114 Å². The summed E-state index contributed by atoms with van der Waals surface area (Å²) < 4.78 is 4.90. The van der Waals surface area contributed by atoms with Crippen LogP contribution in [0.25, 0.3) is 10.4 Å². The molecule has 0 bridgehead atoms. The second kappa shape index (κ2) is 6.07. The van der Waals surface area contributed by atoms with Crippen LogP contribution in [0.1, 0.15) is 23.8 Å². The first-order valence-corrected chi connectivity index (χ1v) is 6.19. The van der Waals surface area contributed by atoms with Crippen LogP contribution in [-0.4, -0.2) is 41.8 Å². The van der Waals surface area contributed by atoms with Crippen LogP contribution in [0.3, 0.4) is 0 Å². The van der Waals surface area contributed by atoms with Crippen LogP contribution in [0.15, 0.2) is 11.3 Å². The number of ether oxygens (including phenoxy) is 1. The number of azide groups is 1. The highest BCUT2D eigenvalue weighted by molar-refractivity contribution is 6.02. The fraction of sp³-hybridized carbons (Fsp3) is 0.545. The van der Waals surface area contributed by atoms with Crippen molar-refractivity contribution in [1.29, 1.82) is 0 Å². The zero-order valence-electron chi connectivity index (χ0n) is 10.9. The summed E-state index contributed by atoms with van der Waals surface area (Å²) in [6, 6.07) is 0. The molecule has 1 aromatic rings. The Bertz CT molecular complexity index is 562. The number of amides is 1. The van der Waals surface area contributed by atoms with E-state index in [4.69, 9.17) is 10.3 Å². The number of aromatic nitrogens is 2.